The Balaban J connectivity index is 2.34. The Hall–Kier alpha value is -2.02. The number of aryl methyl sites for hydroxylation is 1. The average molecular weight is 246 g/mol. The minimum atomic E-state index is 0.588. The van der Waals surface area contributed by atoms with E-state index in [1.54, 1.807) is 29.4 Å². The molecule has 0 saturated carbocycles. The lowest BCUT2D eigenvalue weighted by molar-refractivity contribution is 0.851. The quantitative estimate of drug-likeness (QED) is 0.744. The van der Waals surface area contributed by atoms with Crippen LogP contribution in [0.25, 0.3) is 16.0 Å². The first-order chi connectivity index (χ1) is 8.28. The van der Waals surface area contributed by atoms with Crippen LogP contribution in [0.15, 0.2) is 18.7 Å². The molecule has 0 radical (unpaired) electrons. The number of anilines is 1. The zero-order valence-corrected chi connectivity index (χ0v) is 10.2. The number of aromatic nitrogens is 5. The highest BCUT2D eigenvalue weighted by atomic mass is 32.1. The third kappa shape index (κ3) is 1.64. The molecule has 1 N–H and O–H groups in total. The van der Waals surface area contributed by atoms with Gasteiger partial charge in [-0.05, 0) is 13.0 Å². The highest BCUT2D eigenvalue weighted by Gasteiger charge is 2.11. The molecule has 17 heavy (non-hydrogen) atoms. The molecule has 0 atom stereocenters. The lowest BCUT2D eigenvalue weighted by Gasteiger charge is -2.04. The molecule has 3 rings (SSSR count). The normalized spacial score (nSPS) is 10.9. The molecular weight excluding hydrogens is 236 g/mol. The Morgan fingerprint density at radius 3 is 2.94 bits per heavy atom. The summed E-state index contributed by atoms with van der Waals surface area (Å²) in [5.41, 5.74) is 0. The van der Waals surface area contributed by atoms with Crippen LogP contribution >= 0.6 is 11.3 Å². The maximum atomic E-state index is 4.42. The van der Waals surface area contributed by atoms with Gasteiger partial charge in [-0.25, -0.2) is 14.6 Å². The first-order valence-corrected chi connectivity index (χ1v) is 5.90. The molecule has 0 aromatic carbocycles. The number of nitrogens with zero attached hydrogens (tertiary/aromatic N) is 5. The molecule has 0 saturated heterocycles. The monoisotopic (exact) mass is 246 g/mol. The van der Waals surface area contributed by atoms with E-state index in [2.05, 4.69) is 38.4 Å². The number of nitrogens with one attached hydrogen (secondary N) is 1. The van der Waals surface area contributed by atoms with E-state index in [0.717, 1.165) is 16.0 Å². The van der Waals surface area contributed by atoms with Gasteiger partial charge in [0.1, 0.15) is 17.5 Å². The van der Waals surface area contributed by atoms with Gasteiger partial charge in [0.15, 0.2) is 5.82 Å². The molecular formula is C10H10N6S. The Morgan fingerprint density at radius 2 is 2.24 bits per heavy atom. The Bertz CT molecular complexity index is 657. The van der Waals surface area contributed by atoms with Gasteiger partial charge in [0.25, 0.3) is 0 Å². The van der Waals surface area contributed by atoms with Crippen LogP contribution in [0.4, 0.5) is 5.95 Å². The Kier molecular flexibility index (Phi) is 2.25. The zero-order chi connectivity index (χ0) is 11.8. The maximum absolute atomic E-state index is 4.42. The molecule has 7 heteroatoms. The van der Waals surface area contributed by atoms with E-state index in [1.807, 2.05) is 0 Å². The van der Waals surface area contributed by atoms with Crippen molar-refractivity contribution < 1.29 is 0 Å². The summed E-state index contributed by atoms with van der Waals surface area (Å²) >= 11 is 1.64. The van der Waals surface area contributed by atoms with Crippen molar-refractivity contribution in [2.45, 2.75) is 6.92 Å². The van der Waals surface area contributed by atoms with Crippen molar-refractivity contribution in [2.24, 2.45) is 0 Å². The van der Waals surface area contributed by atoms with Gasteiger partial charge >= 0.3 is 0 Å². The maximum Gasteiger partial charge on any atom is 0.225 e. The molecule has 0 unspecified atom stereocenters. The summed E-state index contributed by atoms with van der Waals surface area (Å²) in [6.07, 6.45) is 3.13. The molecule has 0 spiro atoms. The van der Waals surface area contributed by atoms with E-state index in [1.165, 1.54) is 11.2 Å². The molecule has 0 amide bonds. The number of hydrogen-bond acceptors (Lipinski definition) is 6. The number of fused-ring (bicyclic) bond motifs is 1. The van der Waals surface area contributed by atoms with Crippen LogP contribution in [0, 0.1) is 6.92 Å². The topological polar surface area (TPSA) is 68.5 Å². The first kappa shape index (κ1) is 10.2. The minimum Gasteiger partial charge on any atom is -0.357 e. The molecule has 0 aliphatic carbocycles. The van der Waals surface area contributed by atoms with Crippen molar-refractivity contribution in [1.29, 1.82) is 0 Å². The molecule has 3 aromatic heterocycles. The molecule has 3 aromatic rings. The second kappa shape index (κ2) is 3.77. The summed E-state index contributed by atoms with van der Waals surface area (Å²) < 4.78 is 1.65. The molecule has 0 bridgehead atoms. The smallest absolute Gasteiger partial charge is 0.225 e. The van der Waals surface area contributed by atoms with Crippen LogP contribution in [0.3, 0.4) is 0 Å². The molecule has 0 aliphatic heterocycles. The number of hydrogen-bond donors (Lipinski definition) is 1. The van der Waals surface area contributed by atoms with Crippen LogP contribution in [0.2, 0.25) is 0 Å². The second-order valence-corrected chi connectivity index (χ2v) is 4.77. The fraction of sp³-hybridized carbons (Fsp3) is 0.200. The van der Waals surface area contributed by atoms with Gasteiger partial charge in [0, 0.05) is 11.9 Å². The van der Waals surface area contributed by atoms with Crippen molar-refractivity contribution in [1.82, 2.24) is 24.7 Å². The van der Waals surface area contributed by atoms with E-state index in [-0.39, 0.29) is 0 Å². The van der Waals surface area contributed by atoms with Gasteiger partial charge in [0.05, 0.1) is 5.39 Å². The van der Waals surface area contributed by atoms with E-state index in [0.29, 0.717) is 5.95 Å². The van der Waals surface area contributed by atoms with Gasteiger partial charge < -0.3 is 5.32 Å². The molecule has 0 fully saturated rings. The SMILES string of the molecule is CNc1nc(-n2cncn2)c2cc(C)sc2n1. The summed E-state index contributed by atoms with van der Waals surface area (Å²) in [6.45, 7) is 2.05. The Morgan fingerprint density at radius 1 is 1.35 bits per heavy atom. The van der Waals surface area contributed by atoms with E-state index in [4.69, 9.17) is 0 Å². The predicted octanol–water partition coefficient (Wildman–Crippen LogP) is 1.62. The van der Waals surface area contributed by atoms with E-state index >= 15 is 0 Å². The number of rotatable bonds is 2. The van der Waals surface area contributed by atoms with Gasteiger partial charge in [-0.1, -0.05) is 0 Å². The van der Waals surface area contributed by atoms with Crippen molar-refractivity contribution in [3.05, 3.63) is 23.6 Å². The minimum absolute atomic E-state index is 0.588. The third-order valence-corrected chi connectivity index (χ3v) is 3.30. The summed E-state index contributed by atoms with van der Waals surface area (Å²) in [4.78, 5) is 14.9. The highest BCUT2D eigenvalue weighted by molar-refractivity contribution is 7.18. The fourth-order valence-electron chi connectivity index (χ4n) is 1.63. The predicted molar refractivity (Wildman–Crippen MR) is 66.6 cm³/mol. The van der Waals surface area contributed by atoms with Gasteiger partial charge in [0.2, 0.25) is 5.95 Å². The van der Waals surface area contributed by atoms with Crippen molar-refractivity contribution in [3.8, 4) is 5.82 Å². The van der Waals surface area contributed by atoms with Crippen LogP contribution in [0.1, 0.15) is 4.88 Å². The highest BCUT2D eigenvalue weighted by Crippen LogP contribution is 2.28. The average Bonchev–Trinajstić information content (AvgIpc) is 2.94. The summed E-state index contributed by atoms with van der Waals surface area (Å²) in [6, 6.07) is 2.07. The van der Waals surface area contributed by atoms with Crippen molar-refractivity contribution >= 4 is 27.5 Å². The van der Waals surface area contributed by atoms with Crippen molar-refractivity contribution in [3.63, 3.8) is 0 Å². The van der Waals surface area contributed by atoms with Gasteiger partial charge in [-0.2, -0.15) is 10.1 Å². The van der Waals surface area contributed by atoms with E-state index < -0.39 is 0 Å². The van der Waals surface area contributed by atoms with Gasteiger partial charge in [-0.3, -0.25) is 0 Å². The second-order valence-electron chi connectivity index (χ2n) is 3.54. The zero-order valence-electron chi connectivity index (χ0n) is 9.38. The fourth-order valence-corrected chi connectivity index (χ4v) is 2.50. The van der Waals surface area contributed by atoms with Crippen LogP contribution in [0.5, 0.6) is 0 Å². The molecule has 6 nitrogen and oxygen atoms in total. The molecule has 86 valence electrons. The van der Waals surface area contributed by atoms with Crippen LogP contribution in [-0.4, -0.2) is 31.8 Å². The standard InChI is InChI=1S/C10H10N6S/c1-6-3-7-8(16-5-12-4-13-16)14-10(11-2)15-9(7)17-6/h3-5H,1-2H3,(H,11,14,15). The largest absolute Gasteiger partial charge is 0.357 e. The van der Waals surface area contributed by atoms with Gasteiger partial charge in [-0.15, -0.1) is 11.3 Å². The summed E-state index contributed by atoms with van der Waals surface area (Å²) in [5, 5.41) is 8.06. The first-order valence-electron chi connectivity index (χ1n) is 5.09. The summed E-state index contributed by atoms with van der Waals surface area (Å²) in [7, 11) is 1.80. The number of thiophene rings is 1. The summed E-state index contributed by atoms with van der Waals surface area (Å²) in [5.74, 6) is 1.34. The Labute approximate surface area is 101 Å². The lowest BCUT2D eigenvalue weighted by Crippen LogP contribution is -2.03. The lowest BCUT2D eigenvalue weighted by atomic mass is 10.3. The third-order valence-electron chi connectivity index (χ3n) is 2.36. The van der Waals surface area contributed by atoms with Crippen LogP contribution < -0.4 is 5.32 Å². The molecule has 3 heterocycles. The van der Waals surface area contributed by atoms with Crippen molar-refractivity contribution in [2.75, 3.05) is 12.4 Å². The molecule has 0 aliphatic rings. The van der Waals surface area contributed by atoms with E-state index in [9.17, 15) is 0 Å². The van der Waals surface area contributed by atoms with Crippen LogP contribution in [-0.2, 0) is 0 Å².